The Hall–Kier alpha value is -3.76. The quantitative estimate of drug-likeness (QED) is 0.619. The van der Waals surface area contributed by atoms with Gasteiger partial charge in [-0.3, -0.25) is 4.79 Å². The second-order valence-electron chi connectivity index (χ2n) is 8.28. The molecule has 2 aromatic carbocycles. The van der Waals surface area contributed by atoms with Gasteiger partial charge < -0.3 is 24.5 Å². The van der Waals surface area contributed by atoms with Crippen LogP contribution in [0.15, 0.2) is 71.3 Å². The lowest BCUT2D eigenvalue weighted by Gasteiger charge is -2.47. The van der Waals surface area contributed by atoms with Crippen LogP contribution in [0, 0.1) is 11.3 Å². The fourth-order valence-corrected chi connectivity index (χ4v) is 3.95. The van der Waals surface area contributed by atoms with Crippen molar-refractivity contribution in [3.63, 3.8) is 0 Å². The fourth-order valence-electron chi connectivity index (χ4n) is 3.95. The topological polar surface area (TPSA) is 98.7 Å². The molecular weight excluding hydrogens is 406 g/mol. The predicted molar refractivity (Wildman–Crippen MR) is 119 cm³/mol. The van der Waals surface area contributed by atoms with Crippen LogP contribution in [0.5, 0.6) is 5.75 Å². The summed E-state index contributed by atoms with van der Waals surface area (Å²) in [5, 5.41) is 23.6. The first-order valence-electron chi connectivity index (χ1n) is 10.4. The first-order chi connectivity index (χ1) is 15.4. The van der Waals surface area contributed by atoms with E-state index in [-0.39, 0.29) is 19.0 Å². The number of aliphatic hydroxyl groups excluding tert-OH is 1. The second kappa shape index (κ2) is 8.77. The highest BCUT2D eigenvalue weighted by molar-refractivity contribution is 5.81. The Morgan fingerprint density at radius 2 is 1.97 bits per heavy atom. The molecule has 0 saturated heterocycles. The van der Waals surface area contributed by atoms with Crippen molar-refractivity contribution in [1.82, 2.24) is 5.32 Å². The summed E-state index contributed by atoms with van der Waals surface area (Å²) in [5.74, 6) is 1.02. The van der Waals surface area contributed by atoms with Crippen molar-refractivity contribution >= 4 is 11.6 Å². The number of anilines is 1. The summed E-state index contributed by atoms with van der Waals surface area (Å²) >= 11 is 0. The molecule has 0 bridgehead atoms. The zero-order valence-corrected chi connectivity index (χ0v) is 18.0. The minimum absolute atomic E-state index is 0.00124. The smallest absolute Gasteiger partial charge is 0.239 e. The summed E-state index contributed by atoms with van der Waals surface area (Å²) in [6.07, 6.45) is 0.601. The largest absolute Gasteiger partial charge is 0.485 e. The van der Waals surface area contributed by atoms with Crippen molar-refractivity contribution in [2.75, 3.05) is 11.4 Å². The zero-order valence-electron chi connectivity index (χ0n) is 18.0. The molecule has 1 aliphatic rings. The SMILES string of the molecule is CC1(C)Oc2ccc(C#N)cc2C(N(CC(=O)NCc2ccco2)c2ccccc2)C1O. The molecule has 0 spiro atoms. The molecule has 3 aromatic rings. The summed E-state index contributed by atoms with van der Waals surface area (Å²) in [7, 11) is 0. The Kier molecular flexibility index (Phi) is 5.89. The number of rotatable bonds is 6. The maximum absolute atomic E-state index is 12.9. The van der Waals surface area contributed by atoms with Crippen molar-refractivity contribution in [3.8, 4) is 11.8 Å². The van der Waals surface area contributed by atoms with Crippen molar-refractivity contribution in [3.05, 3.63) is 83.8 Å². The second-order valence-corrected chi connectivity index (χ2v) is 8.28. The van der Waals surface area contributed by atoms with Crippen LogP contribution in [0.25, 0.3) is 0 Å². The van der Waals surface area contributed by atoms with E-state index >= 15 is 0 Å². The number of nitriles is 1. The third kappa shape index (κ3) is 4.32. The van der Waals surface area contributed by atoms with Crippen LogP contribution in [-0.4, -0.2) is 29.3 Å². The Morgan fingerprint density at radius 1 is 1.19 bits per heavy atom. The molecule has 2 N–H and O–H groups in total. The van der Waals surface area contributed by atoms with Gasteiger partial charge in [-0.25, -0.2) is 0 Å². The highest BCUT2D eigenvalue weighted by Crippen LogP contribution is 2.44. The minimum atomic E-state index is -0.956. The number of amides is 1. The Morgan fingerprint density at radius 3 is 2.66 bits per heavy atom. The maximum Gasteiger partial charge on any atom is 0.239 e. The van der Waals surface area contributed by atoms with Crippen LogP contribution < -0.4 is 15.0 Å². The number of hydrogen-bond donors (Lipinski definition) is 2. The van der Waals surface area contributed by atoms with Gasteiger partial charge in [0.15, 0.2) is 0 Å². The number of carbonyl (C=O) groups is 1. The van der Waals surface area contributed by atoms with Crippen LogP contribution in [0.4, 0.5) is 5.69 Å². The third-order valence-corrected chi connectivity index (χ3v) is 5.62. The standard InChI is InChI=1S/C25H25N3O4/c1-25(2)24(30)23(20-13-17(14-26)10-11-21(20)32-25)28(18-7-4-3-5-8-18)16-22(29)27-15-19-9-6-12-31-19/h3-13,23-24,30H,15-16H2,1-2H3,(H,27,29). The zero-order chi connectivity index (χ0) is 22.7. The van der Waals surface area contributed by atoms with E-state index in [4.69, 9.17) is 9.15 Å². The number of hydrogen-bond acceptors (Lipinski definition) is 6. The third-order valence-electron chi connectivity index (χ3n) is 5.62. The monoisotopic (exact) mass is 431 g/mol. The van der Waals surface area contributed by atoms with Crippen molar-refractivity contribution < 1.29 is 19.1 Å². The van der Waals surface area contributed by atoms with E-state index in [2.05, 4.69) is 11.4 Å². The number of aliphatic hydroxyl groups is 1. The van der Waals surface area contributed by atoms with Gasteiger partial charge in [-0.15, -0.1) is 0 Å². The molecule has 0 aliphatic carbocycles. The van der Waals surface area contributed by atoms with Crippen LogP contribution in [0.2, 0.25) is 0 Å². The van der Waals surface area contributed by atoms with Crippen LogP contribution in [0.1, 0.15) is 36.8 Å². The van der Waals surface area contributed by atoms with E-state index < -0.39 is 17.7 Å². The maximum atomic E-state index is 12.9. The molecule has 0 fully saturated rings. The van der Waals surface area contributed by atoms with Gasteiger partial charge in [0, 0.05) is 11.3 Å². The molecule has 2 heterocycles. The van der Waals surface area contributed by atoms with Gasteiger partial charge in [0.1, 0.15) is 23.2 Å². The van der Waals surface area contributed by atoms with Crippen LogP contribution in [0.3, 0.4) is 0 Å². The molecule has 7 nitrogen and oxygen atoms in total. The lowest BCUT2D eigenvalue weighted by Crippen LogP contribution is -2.55. The van der Waals surface area contributed by atoms with Crippen molar-refractivity contribution in [1.29, 1.82) is 5.26 Å². The number of para-hydroxylation sites is 1. The summed E-state index contributed by atoms with van der Waals surface area (Å²) < 4.78 is 11.3. The first kappa shape index (κ1) is 21.5. The number of nitrogens with one attached hydrogen (secondary N) is 1. The fraction of sp³-hybridized carbons (Fsp3) is 0.280. The van der Waals surface area contributed by atoms with Gasteiger partial charge in [0.2, 0.25) is 5.91 Å². The Labute approximate surface area is 186 Å². The average molecular weight is 431 g/mol. The first-order valence-corrected chi connectivity index (χ1v) is 10.4. The van der Waals surface area contributed by atoms with Crippen LogP contribution in [-0.2, 0) is 11.3 Å². The molecule has 2 unspecified atom stereocenters. The molecule has 0 radical (unpaired) electrons. The number of carbonyl (C=O) groups excluding carboxylic acids is 1. The Balaban J connectivity index is 1.71. The molecule has 1 amide bonds. The van der Waals surface area contributed by atoms with Gasteiger partial charge >= 0.3 is 0 Å². The molecule has 1 aromatic heterocycles. The van der Waals surface area contributed by atoms with Gasteiger partial charge in [-0.2, -0.15) is 5.26 Å². The minimum Gasteiger partial charge on any atom is -0.485 e. The summed E-state index contributed by atoms with van der Waals surface area (Å²) in [4.78, 5) is 14.8. The van der Waals surface area contributed by atoms with Gasteiger partial charge in [0.05, 0.1) is 37.0 Å². The molecule has 4 rings (SSSR count). The lowest BCUT2D eigenvalue weighted by atomic mass is 9.84. The molecule has 7 heteroatoms. The highest BCUT2D eigenvalue weighted by atomic mass is 16.5. The van der Waals surface area contributed by atoms with E-state index in [1.165, 1.54) is 0 Å². The molecule has 0 saturated carbocycles. The summed E-state index contributed by atoms with van der Waals surface area (Å²) in [6, 6.07) is 19.7. The number of nitrogens with zero attached hydrogens (tertiary/aromatic N) is 2. The van der Waals surface area contributed by atoms with E-state index in [0.717, 1.165) is 5.69 Å². The van der Waals surface area contributed by atoms with Gasteiger partial charge in [-0.05, 0) is 56.3 Å². The summed E-state index contributed by atoms with van der Waals surface area (Å²) in [5.41, 5.74) is 0.998. The highest BCUT2D eigenvalue weighted by Gasteiger charge is 2.46. The van der Waals surface area contributed by atoms with Gasteiger partial charge in [0.25, 0.3) is 0 Å². The average Bonchev–Trinajstić information content (AvgIpc) is 3.31. The number of fused-ring (bicyclic) bond motifs is 1. The lowest BCUT2D eigenvalue weighted by molar-refractivity contribution is -0.120. The molecular formula is C25H25N3O4. The molecule has 32 heavy (non-hydrogen) atoms. The molecule has 2 atom stereocenters. The normalized spacial score (nSPS) is 18.7. The van der Waals surface area contributed by atoms with Crippen molar-refractivity contribution in [2.45, 2.75) is 38.1 Å². The molecule has 1 aliphatic heterocycles. The number of furan rings is 1. The predicted octanol–water partition coefficient (Wildman–Crippen LogP) is 3.55. The van der Waals surface area contributed by atoms with E-state index in [1.807, 2.05) is 49.1 Å². The number of benzene rings is 2. The van der Waals surface area contributed by atoms with E-state index in [1.54, 1.807) is 36.6 Å². The van der Waals surface area contributed by atoms with Crippen LogP contribution >= 0.6 is 0 Å². The van der Waals surface area contributed by atoms with E-state index in [9.17, 15) is 15.2 Å². The molecule has 164 valence electrons. The van der Waals surface area contributed by atoms with Gasteiger partial charge in [-0.1, -0.05) is 18.2 Å². The van der Waals surface area contributed by atoms with E-state index in [0.29, 0.717) is 22.6 Å². The summed E-state index contributed by atoms with van der Waals surface area (Å²) in [6.45, 7) is 3.89. The Bertz CT molecular complexity index is 1120. The van der Waals surface area contributed by atoms with Crippen molar-refractivity contribution in [2.24, 2.45) is 0 Å². The number of ether oxygens (including phenoxy) is 1.